The molecule has 2 N–H and O–H groups in total. The van der Waals surface area contributed by atoms with Gasteiger partial charge in [0.05, 0.1) is 11.0 Å². The number of para-hydroxylation sites is 2. The fourth-order valence-corrected chi connectivity index (χ4v) is 3.63. The highest BCUT2D eigenvalue weighted by Gasteiger charge is 2.44. The van der Waals surface area contributed by atoms with Crippen LogP contribution in [-0.2, 0) is 16.6 Å². The summed E-state index contributed by atoms with van der Waals surface area (Å²) in [6, 6.07) is 7.47. The second kappa shape index (κ2) is 7.35. The molecule has 0 spiro atoms. The molecule has 7 nitrogen and oxygen atoms in total. The zero-order chi connectivity index (χ0) is 18.7. The van der Waals surface area contributed by atoms with Gasteiger partial charge in [0.15, 0.2) is 11.9 Å². The van der Waals surface area contributed by atoms with Gasteiger partial charge in [0.1, 0.15) is 5.54 Å². The molecule has 1 saturated carbocycles. The van der Waals surface area contributed by atoms with Crippen molar-refractivity contribution in [2.45, 2.75) is 51.2 Å². The number of ether oxygens (including phenoxy) is 1. The summed E-state index contributed by atoms with van der Waals surface area (Å²) >= 11 is 0. The van der Waals surface area contributed by atoms with Crippen LogP contribution in [0.5, 0.6) is 0 Å². The van der Waals surface area contributed by atoms with E-state index in [1.54, 1.807) is 0 Å². The molecule has 0 saturated heterocycles. The van der Waals surface area contributed by atoms with Gasteiger partial charge in [-0.2, -0.15) is 0 Å². The van der Waals surface area contributed by atoms with E-state index in [1.165, 1.54) is 0 Å². The number of carbonyl (C=O) groups excluding carboxylic acids is 2. The van der Waals surface area contributed by atoms with Gasteiger partial charge in [-0.05, 0) is 38.8 Å². The average molecular weight is 358 g/mol. The van der Waals surface area contributed by atoms with Gasteiger partial charge in [0.2, 0.25) is 0 Å². The number of hydrogen-bond acceptors (Lipinski definition) is 4. The van der Waals surface area contributed by atoms with E-state index in [4.69, 9.17) is 4.74 Å². The van der Waals surface area contributed by atoms with Crippen molar-refractivity contribution >= 4 is 23.0 Å². The average Bonchev–Trinajstić information content (AvgIpc) is 3.21. The largest absolute Gasteiger partial charge is 0.453 e. The Morgan fingerprint density at radius 2 is 2.00 bits per heavy atom. The Labute approximate surface area is 153 Å². The molecule has 2 aromatic rings. The molecule has 140 valence electrons. The van der Waals surface area contributed by atoms with Gasteiger partial charge >= 0.3 is 12.0 Å². The van der Waals surface area contributed by atoms with Gasteiger partial charge < -0.3 is 19.9 Å². The van der Waals surface area contributed by atoms with Crippen LogP contribution in [0.2, 0.25) is 0 Å². The third-order valence-corrected chi connectivity index (χ3v) is 5.01. The predicted molar refractivity (Wildman–Crippen MR) is 98.6 cm³/mol. The fraction of sp³-hybridized carbons (Fsp3) is 0.526. The van der Waals surface area contributed by atoms with E-state index in [0.717, 1.165) is 23.9 Å². The minimum atomic E-state index is -0.946. The number of nitrogens with one attached hydrogen (secondary N) is 2. The van der Waals surface area contributed by atoms with Crippen LogP contribution in [0, 0.1) is 0 Å². The van der Waals surface area contributed by atoms with Crippen molar-refractivity contribution in [3.63, 3.8) is 0 Å². The molecular weight excluding hydrogens is 332 g/mol. The number of carbonyl (C=O) groups is 2. The van der Waals surface area contributed by atoms with Crippen molar-refractivity contribution in [1.82, 2.24) is 20.2 Å². The molecule has 0 aliphatic heterocycles. The molecule has 2 amide bonds. The van der Waals surface area contributed by atoms with Gasteiger partial charge in [-0.3, -0.25) is 0 Å². The Kier molecular flexibility index (Phi) is 5.15. The van der Waals surface area contributed by atoms with Crippen molar-refractivity contribution in [3.05, 3.63) is 30.1 Å². The molecule has 1 aliphatic rings. The lowest BCUT2D eigenvalue weighted by Crippen LogP contribution is -2.56. The maximum absolute atomic E-state index is 12.9. The number of urea groups is 1. The minimum Gasteiger partial charge on any atom is -0.453 e. The summed E-state index contributed by atoms with van der Waals surface area (Å²) < 4.78 is 7.68. The van der Waals surface area contributed by atoms with Crippen LogP contribution in [0.15, 0.2) is 24.3 Å². The molecule has 7 heteroatoms. The van der Waals surface area contributed by atoms with Crippen molar-refractivity contribution in [2.24, 2.45) is 7.05 Å². The predicted octanol–water partition coefficient (Wildman–Crippen LogP) is 2.81. The molecule has 1 aliphatic carbocycles. The Hall–Kier alpha value is -2.57. The highest BCUT2D eigenvalue weighted by molar-refractivity contribution is 5.88. The van der Waals surface area contributed by atoms with Gasteiger partial charge in [-0.15, -0.1) is 0 Å². The standard InChI is InChI=1S/C19H26N4O3/c1-4-20-18(25)22-19(11-7-8-12-19)17(24)26-13(2)16-21-14-9-5-6-10-15(14)23(16)3/h5-6,9-10,13H,4,7-8,11-12H2,1-3H3,(H2,20,22,25)/t13-/m0/s1. The number of aryl methyl sites for hydroxylation is 1. The van der Waals surface area contributed by atoms with E-state index < -0.39 is 11.6 Å². The smallest absolute Gasteiger partial charge is 0.332 e. The maximum atomic E-state index is 12.9. The first-order valence-corrected chi connectivity index (χ1v) is 9.15. The third-order valence-electron chi connectivity index (χ3n) is 5.01. The van der Waals surface area contributed by atoms with Gasteiger partial charge in [-0.25, -0.2) is 14.6 Å². The molecular formula is C19H26N4O3. The molecule has 1 aromatic carbocycles. The molecule has 0 unspecified atom stereocenters. The van der Waals surface area contributed by atoms with E-state index in [2.05, 4.69) is 15.6 Å². The number of fused-ring (bicyclic) bond motifs is 1. The monoisotopic (exact) mass is 358 g/mol. The topological polar surface area (TPSA) is 85.2 Å². The number of nitrogens with zero attached hydrogens (tertiary/aromatic N) is 2. The Balaban J connectivity index is 1.78. The zero-order valence-electron chi connectivity index (χ0n) is 15.5. The lowest BCUT2D eigenvalue weighted by Gasteiger charge is -2.29. The maximum Gasteiger partial charge on any atom is 0.332 e. The van der Waals surface area contributed by atoms with Crippen LogP contribution in [0.1, 0.15) is 51.5 Å². The molecule has 26 heavy (non-hydrogen) atoms. The first kappa shape index (κ1) is 18.2. The number of rotatable bonds is 5. The Morgan fingerprint density at radius 1 is 1.31 bits per heavy atom. The lowest BCUT2D eigenvalue weighted by molar-refractivity contribution is -0.156. The lowest BCUT2D eigenvalue weighted by atomic mass is 9.98. The summed E-state index contributed by atoms with van der Waals surface area (Å²) in [6.45, 7) is 4.16. The summed E-state index contributed by atoms with van der Waals surface area (Å²) in [5.74, 6) is 0.298. The molecule has 1 atom stereocenters. The number of amides is 2. The zero-order valence-corrected chi connectivity index (χ0v) is 15.5. The normalized spacial score (nSPS) is 17.0. The van der Waals surface area contributed by atoms with Crippen LogP contribution in [0.25, 0.3) is 11.0 Å². The van der Waals surface area contributed by atoms with Crippen molar-refractivity contribution in [2.75, 3.05) is 6.54 Å². The summed E-state index contributed by atoms with van der Waals surface area (Å²) in [5, 5.41) is 5.53. The Morgan fingerprint density at radius 3 is 2.65 bits per heavy atom. The molecule has 0 radical (unpaired) electrons. The summed E-state index contributed by atoms with van der Waals surface area (Å²) in [4.78, 5) is 29.5. The minimum absolute atomic E-state index is 0.332. The van der Waals surface area contributed by atoms with Gasteiger partial charge in [0.25, 0.3) is 0 Å². The van der Waals surface area contributed by atoms with Crippen molar-refractivity contribution in [1.29, 1.82) is 0 Å². The molecule has 1 fully saturated rings. The van der Waals surface area contributed by atoms with Crippen LogP contribution in [0.3, 0.4) is 0 Å². The summed E-state index contributed by atoms with van der Waals surface area (Å²) in [5.41, 5.74) is 0.906. The van der Waals surface area contributed by atoms with Gasteiger partial charge in [-0.1, -0.05) is 25.0 Å². The second-order valence-electron chi connectivity index (χ2n) is 6.84. The number of esters is 1. The van der Waals surface area contributed by atoms with E-state index in [0.29, 0.717) is 25.2 Å². The van der Waals surface area contributed by atoms with Crippen molar-refractivity contribution in [3.8, 4) is 0 Å². The van der Waals surface area contributed by atoms with Crippen LogP contribution in [0.4, 0.5) is 4.79 Å². The van der Waals surface area contributed by atoms with E-state index in [-0.39, 0.29) is 12.0 Å². The second-order valence-corrected chi connectivity index (χ2v) is 6.84. The fourth-order valence-electron chi connectivity index (χ4n) is 3.63. The summed E-state index contributed by atoms with van der Waals surface area (Å²) in [6.07, 6.45) is 2.47. The molecule has 1 aromatic heterocycles. The number of benzene rings is 1. The molecule has 1 heterocycles. The SMILES string of the molecule is CCNC(=O)NC1(C(=O)O[C@@H](C)c2nc3ccccc3n2C)CCCC1. The van der Waals surface area contributed by atoms with Gasteiger partial charge in [0, 0.05) is 13.6 Å². The van der Waals surface area contributed by atoms with E-state index >= 15 is 0 Å². The first-order valence-electron chi connectivity index (χ1n) is 9.15. The number of aromatic nitrogens is 2. The van der Waals surface area contributed by atoms with Crippen LogP contribution in [-0.4, -0.2) is 33.6 Å². The van der Waals surface area contributed by atoms with E-state index in [1.807, 2.05) is 49.7 Å². The highest BCUT2D eigenvalue weighted by atomic mass is 16.5. The van der Waals surface area contributed by atoms with Crippen LogP contribution >= 0.6 is 0 Å². The number of imidazole rings is 1. The van der Waals surface area contributed by atoms with Crippen LogP contribution < -0.4 is 10.6 Å². The third kappa shape index (κ3) is 3.38. The quantitative estimate of drug-likeness (QED) is 0.805. The molecule has 0 bridgehead atoms. The first-order chi connectivity index (χ1) is 12.5. The summed E-state index contributed by atoms with van der Waals surface area (Å²) in [7, 11) is 1.91. The number of hydrogen-bond donors (Lipinski definition) is 2. The highest BCUT2D eigenvalue weighted by Crippen LogP contribution is 2.33. The van der Waals surface area contributed by atoms with E-state index in [9.17, 15) is 9.59 Å². The Bertz CT molecular complexity index is 808. The van der Waals surface area contributed by atoms with Crippen molar-refractivity contribution < 1.29 is 14.3 Å². The molecule has 3 rings (SSSR count).